The first-order chi connectivity index (χ1) is 16.0. The van der Waals surface area contributed by atoms with Crippen LogP contribution in [0, 0.1) is 0 Å². The van der Waals surface area contributed by atoms with E-state index in [1.807, 2.05) is 0 Å². The molecule has 2 atom stereocenters. The van der Waals surface area contributed by atoms with Crippen molar-refractivity contribution in [1.29, 1.82) is 0 Å². The standard InChI is InChI=1S/C24H25F7N2O2/c1-5-19(25)8-14(2)9-20-13-21(34)6-7-33(20)22(35)32(4)15(3)16-10-17(23(26,27)28)12-18(11-16)24(29,30)31/h5,8-12,15,20H,1,6-7,13H2,2-4H3/b14-9+,19-8+/t15-,20+/m1/s1. The molecule has 1 saturated heterocycles. The molecule has 1 aromatic rings. The molecule has 0 N–H and O–H groups in total. The molecule has 1 aliphatic rings. The van der Waals surface area contributed by atoms with Gasteiger partial charge in [-0.2, -0.15) is 26.3 Å². The van der Waals surface area contributed by atoms with E-state index in [1.54, 1.807) is 6.92 Å². The number of halogens is 7. The van der Waals surface area contributed by atoms with Gasteiger partial charge in [0.15, 0.2) is 0 Å². The van der Waals surface area contributed by atoms with E-state index in [1.165, 1.54) is 24.9 Å². The van der Waals surface area contributed by atoms with Crippen LogP contribution in [0.1, 0.15) is 49.4 Å². The van der Waals surface area contributed by atoms with Gasteiger partial charge in [-0.3, -0.25) is 4.79 Å². The van der Waals surface area contributed by atoms with Crippen molar-refractivity contribution in [3.05, 3.63) is 71.1 Å². The average Bonchev–Trinajstić information content (AvgIpc) is 2.76. The molecule has 11 heteroatoms. The topological polar surface area (TPSA) is 40.6 Å². The number of amides is 2. The Bertz CT molecular complexity index is 1010. The number of carbonyl (C=O) groups excluding carboxylic acids is 2. The molecule has 0 saturated carbocycles. The molecule has 0 aliphatic carbocycles. The van der Waals surface area contributed by atoms with E-state index in [-0.39, 0.29) is 36.8 Å². The van der Waals surface area contributed by atoms with Crippen LogP contribution in [0.25, 0.3) is 0 Å². The lowest BCUT2D eigenvalue weighted by molar-refractivity contribution is -0.143. The van der Waals surface area contributed by atoms with E-state index in [2.05, 4.69) is 6.58 Å². The van der Waals surface area contributed by atoms with Gasteiger partial charge < -0.3 is 9.80 Å². The van der Waals surface area contributed by atoms with Crippen LogP contribution in [0.4, 0.5) is 35.5 Å². The van der Waals surface area contributed by atoms with Gasteiger partial charge in [0.2, 0.25) is 0 Å². The van der Waals surface area contributed by atoms with Gasteiger partial charge in [-0.15, -0.1) is 0 Å². The Morgan fingerprint density at radius 1 is 1.14 bits per heavy atom. The van der Waals surface area contributed by atoms with Crippen molar-refractivity contribution in [2.45, 2.75) is 51.1 Å². The molecule has 2 rings (SSSR count). The Morgan fingerprint density at radius 2 is 1.69 bits per heavy atom. The first kappa shape index (κ1) is 28.1. The molecular weight excluding hydrogens is 481 g/mol. The van der Waals surface area contributed by atoms with Gasteiger partial charge in [0.1, 0.15) is 11.6 Å². The summed E-state index contributed by atoms with van der Waals surface area (Å²) in [6.07, 6.45) is -6.43. The molecule has 0 radical (unpaired) electrons. The number of urea groups is 1. The van der Waals surface area contributed by atoms with Gasteiger partial charge >= 0.3 is 18.4 Å². The molecule has 192 valence electrons. The van der Waals surface area contributed by atoms with Crippen LogP contribution in [0.3, 0.4) is 0 Å². The normalized spacial score (nSPS) is 19.0. The van der Waals surface area contributed by atoms with Crippen LogP contribution in [0.5, 0.6) is 0 Å². The number of hydrogen-bond acceptors (Lipinski definition) is 2. The number of nitrogens with zero attached hydrogens (tertiary/aromatic N) is 2. The highest BCUT2D eigenvalue weighted by Gasteiger charge is 2.38. The molecule has 0 aromatic heterocycles. The fourth-order valence-electron chi connectivity index (χ4n) is 3.68. The third kappa shape index (κ3) is 7.19. The third-order valence-electron chi connectivity index (χ3n) is 5.71. The average molecular weight is 506 g/mol. The van der Waals surface area contributed by atoms with Crippen molar-refractivity contribution in [3.8, 4) is 0 Å². The van der Waals surface area contributed by atoms with Crippen molar-refractivity contribution in [2.24, 2.45) is 0 Å². The number of carbonyl (C=O) groups is 2. The Labute approximate surface area is 198 Å². The van der Waals surface area contributed by atoms with E-state index in [4.69, 9.17) is 0 Å². The highest BCUT2D eigenvalue weighted by atomic mass is 19.4. The summed E-state index contributed by atoms with van der Waals surface area (Å²) in [5, 5.41) is 0. The summed E-state index contributed by atoms with van der Waals surface area (Å²) >= 11 is 0. The smallest absolute Gasteiger partial charge is 0.321 e. The molecule has 0 spiro atoms. The number of piperidine rings is 1. The molecule has 0 unspecified atom stereocenters. The summed E-state index contributed by atoms with van der Waals surface area (Å²) < 4.78 is 93.0. The van der Waals surface area contributed by atoms with Crippen LogP contribution in [0.2, 0.25) is 0 Å². The summed E-state index contributed by atoms with van der Waals surface area (Å²) in [5.74, 6) is -0.769. The minimum absolute atomic E-state index is 0.00673. The predicted octanol–water partition coefficient (Wildman–Crippen LogP) is 6.86. The maximum Gasteiger partial charge on any atom is 0.416 e. The van der Waals surface area contributed by atoms with Gasteiger partial charge in [0, 0.05) is 26.4 Å². The van der Waals surface area contributed by atoms with Crippen molar-refractivity contribution < 1.29 is 40.3 Å². The van der Waals surface area contributed by atoms with Crippen LogP contribution in [-0.2, 0) is 17.1 Å². The monoisotopic (exact) mass is 506 g/mol. The second-order valence-electron chi connectivity index (χ2n) is 8.31. The summed E-state index contributed by atoms with van der Waals surface area (Å²) in [7, 11) is 1.25. The Balaban J connectivity index is 2.40. The van der Waals surface area contributed by atoms with Gasteiger partial charge in [0.05, 0.1) is 23.2 Å². The second kappa shape index (κ2) is 10.7. The number of rotatable bonds is 5. The number of allylic oxidation sites excluding steroid dienone is 4. The number of Topliss-reactive ketones (excluding diaryl/α,β-unsaturated/α-hetero) is 1. The first-order valence-electron chi connectivity index (χ1n) is 10.6. The molecule has 1 heterocycles. The number of alkyl halides is 6. The maximum absolute atomic E-state index is 13.5. The number of ketones is 1. The molecule has 4 nitrogen and oxygen atoms in total. The van der Waals surface area contributed by atoms with Crippen molar-refractivity contribution in [2.75, 3.05) is 13.6 Å². The Hall–Kier alpha value is -3.11. The fraction of sp³-hybridized carbons (Fsp3) is 0.417. The first-order valence-corrected chi connectivity index (χ1v) is 10.6. The highest BCUT2D eigenvalue weighted by Crippen LogP contribution is 2.38. The van der Waals surface area contributed by atoms with Crippen LogP contribution < -0.4 is 0 Å². The summed E-state index contributed by atoms with van der Waals surface area (Å²) in [6.45, 7) is 6.15. The highest BCUT2D eigenvalue weighted by molar-refractivity contribution is 5.84. The molecule has 1 aliphatic heterocycles. The van der Waals surface area contributed by atoms with Crippen molar-refractivity contribution in [3.63, 3.8) is 0 Å². The number of benzene rings is 1. The van der Waals surface area contributed by atoms with E-state index >= 15 is 0 Å². The summed E-state index contributed by atoms with van der Waals surface area (Å²) in [4.78, 5) is 27.5. The van der Waals surface area contributed by atoms with Gasteiger partial charge in [-0.25, -0.2) is 9.18 Å². The molecule has 35 heavy (non-hydrogen) atoms. The molecular formula is C24H25F7N2O2. The summed E-state index contributed by atoms with van der Waals surface area (Å²) in [5.41, 5.74) is -2.91. The van der Waals surface area contributed by atoms with Gasteiger partial charge in [-0.1, -0.05) is 18.2 Å². The lowest BCUT2D eigenvalue weighted by Crippen LogP contribution is -2.51. The van der Waals surface area contributed by atoms with Crippen LogP contribution >= 0.6 is 0 Å². The maximum atomic E-state index is 13.5. The molecule has 1 fully saturated rings. The van der Waals surface area contributed by atoms with Gasteiger partial charge in [0.25, 0.3) is 0 Å². The third-order valence-corrected chi connectivity index (χ3v) is 5.71. The van der Waals surface area contributed by atoms with E-state index < -0.39 is 47.4 Å². The Kier molecular flexibility index (Phi) is 8.56. The minimum Gasteiger partial charge on any atom is -0.321 e. The lowest BCUT2D eigenvalue weighted by Gasteiger charge is -2.38. The number of likely N-dealkylation sites (tertiary alicyclic amines) is 1. The van der Waals surface area contributed by atoms with Gasteiger partial charge in [-0.05, 0) is 49.8 Å². The zero-order valence-electron chi connectivity index (χ0n) is 19.3. The summed E-state index contributed by atoms with van der Waals surface area (Å²) in [6, 6.07) is -1.44. The fourth-order valence-corrected chi connectivity index (χ4v) is 3.68. The van der Waals surface area contributed by atoms with Crippen molar-refractivity contribution >= 4 is 11.8 Å². The second-order valence-corrected chi connectivity index (χ2v) is 8.31. The van der Waals surface area contributed by atoms with Crippen LogP contribution in [0.15, 0.2) is 54.4 Å². The Morgan fingerprint density at radius 3 is 2.17 bits per heavy atom. The predicted molar refractivity (Wildman–Crippen MR) is 116 cm³/mol. The largest absolute Gasteiger partial charge is 0.416 e. The zero-order valence-corrected chi connectivity index (χ0v) is 19.3. The molecule has 0 bridgehead atoms. The van der Waals surface area contributed by atoms with E-state index in [0.29, 0.717) is 17.7 Å². The van der Waals surface area contributed by atoms with Crippen molar-refractivity contribution in [1.82, 2.24) is 9.80 Å². The zero-order chi connectivity index (χ0) is 26.7. The molecule has 1 aromatic carbocycles. The SMILES string of the molecule is C=C/C(F)=C\C(C)=C\[C@H]1CC(=O)CCN1C(=O)N(C)[C@H](C)c1cc(C(F)(F)F)cc(C(F)(F)F)c1. The van der Waals surface area contributed by atoms with E-state index in [9.17, 15) is 40.3 Å². The number of hydrogen-bond donors (Lipinski definition) is 0. The quantitative estimate of drug-likeness (QED) is 0.324. The van der Waals surface area contributed by atoms with Crippen LogP contribution in [-0.4, -0.2) is 41.2 Å². The molecule has 2 amide bonds. The lowest BCUT2D eigenvalue weighted by atomic mass is 9.98. The minimum atomic E-state index is -5.02. The van der Waals surface area contributed by atoms with E-state index in [0.717, 1.165) is 17.1 Å².